The first kappa shape index (κ1) is 13.7. The first-order chi connectivity index (χ1) is 10.2. The van der Waals surface area contributed by atoms with E-state index in [0.29, 0.717) is 31.9 Å². The van der Waals surface area contributed by atoms with Crippen molar-refractivity contribution in [2.45, 2.75) is 25.3 Å². The zero-order chi connectivity index (χ0) is 14.8. The number of ether oxygens (including phenoxy) is 1. The molecular weight excluding hydrogens is 272 g/mol. The highest BCUT2D eigenvalue weighted by atomic mass is 16.5. The van der Waals surface area contributed by atoms with Gasteiger partial charge in [0.1, 0.15) is 11.8 Å². The lowest BCUT2D eigenvalue weighted by Crippen LogP contribution is -2.48. The van der Waals surface area contributed by atoms with Crippen molar-refractivity contribution in [3.8, 4) is 5.75 Å². The van der Waals surface area contributed by atoms with Gasteiger partial charge in [0.05, 0.1) is 12.3 Å². The average molecular weight is 290 g/mol. The van der Waals surface area contributed by atoms with E-state index >= 15 is 0 Å². The lowest BCUT2D eigenvalue weighted by atomic mass is 10.2. The molecule has 1 aromatic carbocycles. The van der Waals surface area contributed by atoms with Crippen LogP contribution in [0.4, 0.5) is 10.5 Å². The standard InChI is InChI=1S/C15H18N2O4/c18-14(19)12-6-3-8-17(12)15(20)16-9-4-10-21-13-7-2-1-5-11(13)16/h1-2,5,7,12H,3-4,6,8-10H2,(H,18,19)/t12-/m0/s1. The molecule has 0 saturated carbocycles. The average Bonchev–Trinajstić information content (AvgIpc) is 2.88. The number of hydrogen-bond donors (Lipinski definition) is 1. The number of carboxylic acid groups (broad SMARTS) is 1. The maximum absolute atomic E-state index is 12.8. The Labute approximate surface area is 122 Å². The molecule has 21 heavy (non-hydrogen) atoms. The van der Waals surface area contributed by atoms with Crippen molar-refractivity contribution in [1.29, 1.82) is 0 Å². The number of fused-ring (bicyclic) bond motifs is 1. The number of urea groups is 1. The molecule has 1 aromatic rings. The highest BCUT2D eigenvalue weighted by Gasteiger charge is 2.37. The summed E-state index contributed by atoms with van der Waals surface area (Å²) in [6, 6.07) is 6.44. The van der Waals surface area contributed by atoms with Gasteiger partial charge >= 0.3 is 12.0 Å². The van der Waals surface area contributed by atoms with Crippen molar-refractivity contribution in [1.82, 2.24) is 4.90 Å². The Morgan fingerprint density at radius 1 is 1.19 bits per heavy atom. The molecule has 3 rings (SSSR count). The number of benzene rings is 1. The zero-order valence-electron chi connectivity index (χ0n) is 11.7. The van der Waals surface area contributed by atoms with Crippen molar-refractivity contribution < 1.29 is 19.4 Å². The number of nitrogens with zero attached hydrogens (tertiary/aromatic N) is 2. The van der Waals surface area contributed by atoms with Crippen molar-refractivity contribution in [2.75, 3.05) is 24.6 Å². The minimum Gasteiger partial charge on any atom is -0.491 e. The molecule has 2 heterocycles. The van der Waals surface area contributed by atoms with E-state index in [-0.39, 0.29) is 6.03 Å². The third kappa shape index (κ3) is 2.53. The molecule has 2 aliphatic heterocycles. The molecule has 1 N–H and O–H groups in total. The number of carbonyl (C=O) groups is 2. The number of amides is 2. The highest BCUT2D eigenvalue weighted by Crippen LogP contribution is 2.32. The molecule has 2 amide bonds. The van der Waals surface area contributed by atoms with Gasteiger partial charge in [0.25, 0.3) is 0 Å². The van der Waals surface area contributed by atoms with Gasteiger partial charge in [-0.05, 0) is 31.4 Å². The second-order valence-electron chi connectivity index (χ2n) is 5.29. The normalized spacial score (nSPS) is 21.4. The second kappa shape index (κ2) is 5.63. The Balaban J connectivity index is 1.89. The van der Waals surface area contributed by atoms with E-state index in [9.17, 15) is 14.7 Å². The molecule has 6 nitrogen and oxygen atoms in total. The van der Waals surface area contributed by atoms with E-state index in [0.717, 1.165) is 18.5 Å². The Morgan fingerprint density at radius 2 is 2.00 bits per heavy atom. The van der Waals surface area contributed by atoms with E-state index in [1.165, 1.54) is 4.90 Å². The molecular formula is C15H18N2O4. The minimum atomic E-state index is -0.930. The molecule has 112 valence electrons. The summed E-state index contributed by atoms with van der Waals surface area (Å²) < 4.78 is 5.64. The number of aliphatic carboxylic acids is 1. The van der Waals surface area contributed by atoms with Gasteiger partial charge in [0.15, 0.2) is 0 Å². The predicted molar refractivity (Wildman–Crippen MR) is 76.7 cm³/mol. The largest absolute Gasteiger partial charge is 0.491 e. The molecule has 0 bridgehead atoms. The summed E-state index contributed by atoms with van der Waals surface area (Å²) in [5, 5.41) is 9.24. The van der Waals surface area contributed by atoms with Crippen LogP contribution in [0.3, 0.4) is 0 Å². The molecule has 0 radical (unpaired) electrons. The zero-order valence-corrected chi connectivity index (χ0v) is 11.7. The number of anilines is 1. The monoisotopic (exact) mass is 290 g/mol. The number of hydrogen-bond acceptors (Lipinski definition) is 3. The Hall–Kier alpha value is -2.24. The topological polar surface area (TPSA) is 70.1 Å². The lowest BCUT2D eigenvalue weighted by Gasteiger charge is -2.29. The molecule has 1 fully saturated rings. The van der Waals surface area contributed by atoms with Crippen LogP contribution in [-0.2, 0) is 4.79 Å². The van der Waals surface area contributed by atoms with Crippen molar-refractivity contribution in [3.05, 3.63) is 24.3 Å². The molecule has 0 aliphatic carbocycles. The van der Waals surface area contributed by atoms with Gasteiger partial charge in [-0.2, -0.15) is 0 Å². The fraction of sp³-hybridized carbons (Fsp3) is 0.467. The number of para-hydroxylation sites is 2. The lowest BCUT2D eigenvalue weighted by molar-refractivity contribution is -0.141. The van der Waals surface area contributed by atoms with Crippen LogP contribution in [0, 0.1) is 0 Å². The van der Waals surface area contributed by atoms with E-state index in [1.54, 1.807) is 4.90 Å². The van der Waals surface area contributed by atoms with Crippen LogP contribution < -0.4 is 9.64 Å². The van der Waals surface area contributed by atoms with Crippen LogP contribution >= 0.6 is 0 Å². The van der Waals surface area contributed by atoms with E-state index in [2.05, 4.69) is 0 Å². The molecule has 1 atom stereocenters. The van der Waals surface area contributed by atoms with Crippen LogP contribution in [0.1, 0.15) is 19.3 Å². The Morgan fingerprint density at radius 3 is 2.81 bits per heavy atom. The molecule has 1 saturated heterocycles. The van der Waals surface area contributed by atoms with Crippen LogP contribution in [0.2, 0.25) is 0 Å². The van der Waals surface area contributed by atoms with Crippen molar-refractivity contribution in [3.63, 3.8) is 0 Å². The molecule has 6 heteroatoms. The van der Waals surface area contributed by atoms with E-state index in [1.807, 2.05) is 24.3 Å². The Bertz CT molecular complexity index is 560. The number of rotatable bonds is 1. The second-order valence-corrected chi connectivity index (χ2v) is 5.29. The van der Waals surface area contributed by atoms with Gasteiger partial charge in [-0.15, -0.1) is 0 Å². The van der Waals surface area contributed by atoms with Gasteiger partial charge in [-0.1, -0.05) is 12.1 Å². The summed E-state index contributed by atoms with van der Waals surface area (Å²) in [6.45, 7) is 1.59. The minimum absolute atomic E-state index is 0.238. The quantitative estimate of drug-likeness (QED) is 0.858. The summed E-state index contributed by atoms with van der Waals surface area (Å²) in [5.74, 6) is -0.255. The van der Waals surface area contributed by atoms with Crippen LogP contribution in [-0.4, -0.2) is 47.7 Å². The van der Waals surface area contributed by atoms with E-state index < -0.39 is 12.0 Å². The highest BCUT2D eigenvalue weighted by molar-refractivity contribution is 5.96. The first-order valence-electron chi connectivity index (χ1n) is 7.21. The fourth-order valence-corrected chi connectivity index (χ4v) is 2.93. The summed E-state index contributed by atoms with van der Waals surface area (Å²) in [4.78, 5) is 27.1. The summed E-state index contributed by atoms with van der Waals surface area (Å²) in [6.07, 6.45) is 1.98. The number of carbonyl (C=O) groups excluding carboxylic acids is 1. The predicted octanol–water partition coefficient (Wildman–Crippen LogP) is 1.94. The van der Waals surface area contributed by atoms with Crippen molar-refractivity contribution >= 4 is 17.7 Å². The molecule has 0 aromatic heterocycles. The Kier molecular flexibility index (Phi) is 3.68. The van der Waals surface area contributed by atoms with Gasteiger partial charge in [0, 0.05) is 13.1 Å². The van der Waals surface area contributed by atoms with Gasteiger partial charge < -0.3 is 14.7 Å². The molecule has 2 aliphatic rings. The third-order valence-corrected chi connectivity index (χ3v) is 3.95. The van der Waals surface area contributed by atoms with Gasteiger partial charge in [0.2, 0.25) is 0 Å². The van der Waals surface area contributed by atoms with Gasteiger partial charge in [-0.3, -0.25) is 4.90 Å². The summed E-state index contributed by atoms with van der Waals surface area (Å²) in [7, 11) is 0. The van der Waals surface area contributed by atoms with E-state index in [4.69, 9.17) is 4.74 Å². The fourth-order valence-electron chi connectivity index (χ4n) is 2.93. The number of likely N-dealkylation sites (tertiary alicyclic amines) is 1. The van der Waals surface area contributed by atoms with Crippen LogP contribution in [0.25, 0.3) is 0 Å². The maximum Gasteiger partial charge on any atom is 0.326 e. The summed E-state index contributed by atoms with van der Waals surface area (Å²) >= 11 is 0. The van der Waals surface area contributed by atoms with Crippen molar-refractivity contribution in [2.24, 2.45) is 0 Å². The third-order valence-electron chi connectivity index (χ3n) is 3.95. The molecule has 0 unspecified atom stereocenters. The molecule has 0 spiro atoms. The first-order valence-corrected chi connectivity index (χ1v) is 7.21. The maximum atomic E-state index is 12.8. The number of carboxylic acids is 1. The smallest absolute Gasteiger partial charge is 0.326 e. The van der Waals surface area contributed by atoms with Gasteiger partial charge in [-0.25, -0.2) is 9.59 Å². The summed E-state index contributed by atoms with van der Waals surface area (Å²) in [5.41, 5.74) is 0.719. The SMILES string of the molecule is O=C(O)[C@@H]1CCCN1C(=O)N1CCCOc2ccccc21. The van der Waals surface area contributed by atoms with Crippen LogP contribution in [0.15, 0.2) is 24.3 Å². The van der Waals surface area contributed by atoms with Crippen LogP contribution in [0.5, 0.6) is 5.75 Å².